The van der Waals surface area contributed by atoms with Crippen molar-refractivity contribution >= 4 is 7.12 Å². The zero-order valence-electron chi connectivity index (χ0n) is 15.0. The van der Waals surface area contributed by atoms with E-state index in [2.05, 4.69) is 54.6 Å². The number of hydrogen-bond donors (Lipinski definition) is 0. The molecule has 0 bridgehead atoms. The Bertz CT molecular complexity index is 688. The van der Waals surface area contributed by atoms with E-state index in [0.29, 0.717) is 0 Å². The van der Waals surface area contributed by atoms with E-state index in [1.807, 2.05) is 34.9 Å². The van der Waals surface area contributed by atoms with Gasteiger partial charge in [0.2, 0.25) is 0 Å². The normalized spacial score (nSPS) is 14.9. The SMILES string of the molecule is C[C]1C=C(C)N(B(n2nc(C)cc2C)n2nc(C)cc2C)[N-]1.[K+]. The van der Waals surface area contributed by atoms with Crippen molar-refractivity contribution in [1.82, 2.24) is 24.3 Å². The number of aromatic nitrogens is 4. The van der Waals surface area contributed by atoms with Crippen LogP contribution in [0.3, 0.4) is 0 Å². The summed E-state index contributed by atoms with van der Waals surface area (Å²) in [7, 11) is -0.226. The van der Waals surface area contributed by atoms with Crippen LogP contribution < -0.4 is 51.4 Å². The minimum atomic E-state index is -0.226. The first-order valence-electron chi connectivity index (χ1n) is 7.45. The van der Waals surface area contributed by atoms with E-state index in [9.17, 15) is 0 Å². The van der Waals surface area contributed by atoms with Crippen molar-refractivity contribution in [3.05, 3.63) is 58.1 Å². The third-order valence-electron chi connectivity index (χ3n) is 3.79. The molecule has 23 heavy (non-hydrogen) atoms. The minimum absolute atomic E-state index is 0. The van der Waals surface area contributed by atoms with E-state index in [1.54, 1.807) is 0 Å². The van der Waals surface area contributed by atoms with Gasteiger partial charge in [-0.15, -0.1) is 6.04 Å². The molecule has 0 spiro atoms. The van der Waals surface area contributed by atoms with Crippen LogP contribution in [-0.4, -0.2) is 31.4 Å². The van der Waals surface area contributed by atoms with Crippen molar-refractivity contribution in [2.45, 2.75) is 41.5 Å². The molecule has 0 amide bonds. The van der Waals surface area contributed by atoms with Crippen LogP contribution in [-0.2, 0) is 0 Å². The van der Waals surface area contributed by atoms with Gasteiger partial charge >= 0.3 is 58.5 Å². The molecule has 0 unspecified atom stereocenters. The number of nitrogens with zero attached hydrogens (tertiary/aromatic N) is 6. The molecule has 0 aromatic carbocycles. The standard InChI is InChI=1S/C15H21BN6.K/c1-10-7-13(4)20(17-10)16(21-14(5)8-11(2)18-21)22-15(6)9-12(3)19-22;/h7-9H,1-6H3;/q-1;+1. The number of hydrogen-bond acceptors (Lipinski definition) is 3. The Morgan fingerprint density at radius 2 is 1.35 bits per heavy atom. The van der Waals surface area contributed by atoms with Crippen LogP contribution in [0.1, 0.15) is 36.6 Å². The summed E-state index contributed by atoms with van der Waals surface area (Å²) in [6, 6.07) is 5.14. The predicted molar refractivity (Wildman–Crippen MR) is 87.8 cm³/mol. The Balaban J connectivity index is 0.00000192. The van der Waals surface area contributed by atoms with Gasteiger partial charge in [0, 0.05) is 11.4 Å². The third kappa shape index (κ3) is 3.67. The van der Waals surface area contributed by atoms with Crippen molar-refractivity contribution in [3.8, 4) is 0 Å². The van der Waals surface area contributed by atoms with E-state index in [1.165, 1.54) is 0 Å². The molecule has 115 valence electrons. The Hall–Kier alpha value is -0.379. The molecule has 2 aromatic rings. The van der Waals surface area contributed by atoms with Gasteiger partial charge in [-0.25, -0.2) is 0 Å². The molecule has 0 N–H and O–H groups in total. The Morgan fingerprint density at radius 3 is 1.65 bits per heavy atom. The predicted octanol–water partition coefficient (Wildman–Crippen LogP) is -0.241. The van der Waals surface area contributed by atoms with Gasteiger partial charge < -0.3 is 10.3 Å². The molecule has 2 aromatic heterocycles. The van der Waals surface area contributed by atoms with Gasteiger partial charge in [0.15, 0.2) is 0 Å². The third-order valence-corrected chi connectivity index (χ3v) is 3.79. The summed E-state index contributed by atoms with van der Waals surface area (Å²) in [5.74, 6) is 0. The summed E-state index contributed by atoms with van der Waals surface area (Å²) in [6.07, 6.45) is 2.07. The van der Waals surface area contributed by atoms with Crippen LogP contribution in [0, 0.1) is 33.7 Å². The molecule has 6 nitrogen and oxygen atoms in total. The van der Waals surface area contributed by atoms with Gasteiger partial charge in [-0.1, -0.05) is 13.0 Å². The van der Waals surface area contributed by atoms with Crippen LogP contribution in [0.5, 0.6) is 0 Å². The van der Waals surface area contributed by atoms with E-state index >= 15 is 0 Å². The number of rotatable bonds is 3. The monoisotopic (exact) mass is 335 g/mol. The van der Waals surface area contributed by atoms with Gasteiger partial charge in [0.1, 0.15) is 0 Å². The van der Waals surface area contributed by atoms with Crippen molar-refractivity contribution < 1.29 is 51.4 Å². The van der Waals surface area contributed by atoms with Crippen molar-refractivity contribution in [1.29, 1.82) is 0 Å². The molecule has 0 saturated heterocycles. The van der Waals surface area contributed by atoms with E-state index in [0.717, 1.165) is 34.5 Å². The van der Waals surface area contributed by atoms with Gasteiger partial charge in [-0.05, 0) is 52.4 Å². The molecule has 0 aliphatic carbocycles. The molecular weight excluding hydrogens is 314 g/mol. The summed E-state index contributed by atoms with van der Waals surface area (Å²) in [5, 5.41) is 9.32. The molecule has 3 heterocycles. The Morgan fingerprint density at radius 1 is 0.870 bits per heavy atom. The molecule has 8 heteroatoms. The second kappa shape index (κ2) is 7.25. The Kier molecular flexibility index (Phi) is 5.97. The fourth-order valence-electron chi connectivity index (χ4n) is 2.95. The van der Waals surface area contributed by atoms with Gasteiger partial charge in [0.05, 0.1) is 11.4 Å². The van der Waals surface area contributed by atoms with Gasteiger partial charge in [-0.3, -0.25) is 9.19 Å². The quantitative estimate of drug-likeness (QED) is 0.728. The van der Waals surface area contributed by atoms with E-state index in [4.69, 9.17) is 0 Å². The second-order valence-corrected chi connectivity index (χ2v) is 5.96. The molecule has 3 rings (SSSR count). The Labute approximate surface area is 180 Å². The topological polar surface area (TPSA) is 53.0 Å². The summed E-state index contributed by atoms with van der Waals surface area (Å²) < 4.78 is 3.96. The fraction of sp³-hybridized carbons (Fsp3) is 0.400. The molecule has 0 fully saturated rings. The fourth-order valence-corrected chi connectivity index (χ4v) is 2.95. The zero-order valence-corrected chi connectivity index (χ0v) is 18.1. The largest absolute Gasteiger partial charge is 1.00 e. The molecule has 1 aliphatic rings. The summed E-state index contributed by atoms with van der Waals surface area (Å²) in [6.45, 7) is 12.2. The maximum absolute atomic E-state index is 4.66. The van der Waals surface area contributed by atoms with Crippen molar-refractivity contribution in [2.75, 3.05) is 0 Å². The van der Waals surface area contributed by atoms with Crippen molar-refractivity contribution in [2.24, 2.45) is 0 Å². The maximum Gasteiger partial charge on any atom is 1.00 e. The first-order chi connectivity index (χ1) is 10.4. The molecule has 0 saturated carbocycles. The van der Waals surface area contributed by atoms with Crippen LogP contribution >= 0.6 is 0 Å². The van der Waals surface area contributed by atoms with E-state index < -0.39 is 0 Å². The zero-order chi connectivity index (χ0) is 16.0. The number of allylic oxidation sites excluding steroid dienone is 1. The van der Waals surface area contributed by atoms with Gasteiger partial charge in [0.25, 0.3) is 0 Å². The number of aryl methyl sites for hydroxylation is 4. The second-order valence-electron chi connectivity index (χ2n) is 5.96. The van der Waals surface area contributed by atoms with Gasteiger partial charge in [-0.2, -0.15) is 10.2 Å². The van der Waals surface area contributed by atoms with Crippen LogP contribution in [0.15, 0.2) is 23.9 Å². The average molecular weight is 335 g/mol. The maximum atomic E-state index is 4.66. The van der Waals surface area contributed by atoms with Crippen LogP contribution in [0.2, 0.25) is 0 Å². The first kappa shape index (κ1) is 19.0. The summed E-state index contributed by atoms with van der Waals surface area (Å²) in [4.78, 5) is 1.98. The van der Waals surface area contributed by atoms with Crippen LogP contribution in [0.25, 0.3) is 5.43 Å². The first-order valence-corrected chi connectivity index (χ1v) is 7.45. The molecule has 1 radical (unpaired) electrons. The minimum Gasteiger partial charge on any atom is -0.571 e. The van der Waals surface area contributed by atoms with Crippen LogP contribution in [0.4, 0.5) is 0 Å². The summed E-state index contributed by atoms with van der Waals surface area (Å²) >= 11 is 0. The summed E-state index contributed by atoms with van der Waals surface area (Å²) in [5.41, 5.74) is 9.90. The van der Waals surface area contributed by atoms with Crippen molar-refractivity contribution in [3.63, 3.8) is 0 Å². The molecular formula is C15H21BKN6. The average Bonchev–Trinajstić information content (AvgIpc) is 3.02. The van der Waals surface area contributed by atoms with E-state index in [-0.39, 0.29) is 58.5 Å². The molecule has 1 aliphatic heterocycles. The smallest absolute Gasteiger partial charge is 0.571 e. The molecule has 0 atom stereocenters.